The van der Waals surface area contributed by atoms with Crippen molar-refractivity contribution in [2.24, 2.45) is 0 Å². The number of fused-ring (bicyclic) bond motifs is 7. The van der Waals surface area contributed by atoms with Crippen molar-refractivity contribution < 1.29 is 4.42 Å². The molecular formula is C43H31NO. The minimum atomic E-state index is -0.107. The smallest absolute Gasteiger partial charge is 0.159 e. The number of anilines is 3. The molecule has 0 radical (unpaired) electrons. The predicted molar refractivity (Wildman–Crippen MR) is 189 cm³/mol. The van der Waals surface area contributed by atoms with Gasteiger partial charge in [0.05, 0.1) is 5.69 Å². The number of hydrogen-bond acceptors (Lipinski definition) is 2. The number of benzene rings is 7. The lowest BCUT2D eigenvalue weighted by Crippen LogP contribution is -2.16. The molecule has 45 heavy (non-hydrogen) atoms. The Bertz CT molecular complexity index is 2420. The van der Waals surface area contributed by atoms with E-state index in [0.29, 0.717) is 0 Å². The van der Waals surface area contributed by atoms with Crippen molar-refractivity contribution in [2.45, 2.75) is 19.3 Å². The van der Waals surface area contributed by atoms with Crippen molar-refractivity contribution in [2.75, 3.05) is 4.90 Å². The average molecular weight is 578 g/mol. The van der Waals surface area contributed by atoms with Crippen LogP contribution in [-0.2, 0) is 5.41 Å². The topological polar surface area (TPSA) is 16.4 Å². The van der Waals surface area contributed by atoms with E-state index in [4.69, 9.17) is 4.42 Å². The molecule has 0 spiro atoms. The standard InChI is InChI=1S/C43H31NO/c1-43(2)38-21-7-5-17-34(38)35-25-24-31(27-39(35)43)44(40-22-11-20-37-36-18-6-8-23-41(36)45-42(37)40)30-15-9-14-29(26-30)33-19-10-13-28-12-3-4-16-32(28)33/h3-27H,1-2H3. The molecule has 0 fully saturated rings. The largest absolute Gasteiger partial charge is 0.454 e. The van der Waals surface area contributed by atoms with Crippen LogP contribution in [0.5, 0.6) is 0 Å². The van der Waals surface area contributed by atoms with Crippen molar-refractivity contribution >= 4 is 49.8 Å². The molecule has 0 amide bonds. The molecule has 0 saturated carbocycles. The molecule has 8 aromatic rings. The Kier molecular flexibility index (Phi) is 5.58. The third-order valence-electron chi connectivity index (χ3n) is 9.65. The maximum Gasteiger partial charge on any atom is 0.159 e. The highest BCUT2D eigenvalue weighted by Crippen LogP contribution is 2.51. The SMILES string of the molecule is CC1(C)c2ccccc2-c2ccc(N(c3cccc(-c4cccc5ccccc45)c3)c3cccc4c3oc3ccccc34)cc21. The van der Waals surface area contributed by atoms with Crippen LogP contribution in [-0.4, -0.2) is 0 Å². The van der Waals surface area contributed by atoms with E-state index in [1.165, 1.54) is 44.2 Å². The van der Waals surface area contributed by atoms with Crippen LogP contribution in [0.15, 0.2) is 156 Å². The van der Waals surface area contributed by atoms with Gasteiger partial charge in [-0.25, -0.2) is 0 Å². The van der Waals surface area contributed by atoms with Gasteiger partial charge in [0.1, 0.15) is 5.58 Å². The number of para-hydroxylation sites is 2. The lowest BCUT2D eigenvalue weighted by atomic mass is 9.82. The fraction of sp³-hybridized carbons (Fsp3) is 0.0698. The van der Waals surface area contributed by atoms with E-state index in [2.05, 4.69) is 164 Å². The molecule has 0 atom stereocenters. The molecule has 9 rings (SSSR count). The third-order valence-corrected chi connectivity index (χ3v) is 9.65. The maximum absolute atomic E-state index is 6.62. The molecule has 214 valence electrons. The highest BCUT2D eigenvalue weighted by atomic mass is 16.3. The summed E-state index contributed by atoms with van der Waals surface area (Å²) in [5.41, 5.74) is 12.7. The quantitative estimate of drug-likeness (QED) is 0.207. The second kappa shape index (κ2) is 9.70. The molecule has 7 aromatic carbocycles. The molecule has 1 aromatic heterocycles. The van der Waals surface area contributed by atoms with Crippen molar-refractivity contribution in [1.29, 1.82) is 0 Å². The third kappa shape index (κ3) is 3.89. The molecule has 1 heterocycles. The zero-order chi connectivity index (χ0) is 30.1. The van der Waals surface area contributed by atoms with Gasteiger partial charge in [0.2, 0.25) is 0 Å². The molecular weight excluding hydrogens is 546 g/mol. The predicted octanol–water partition coefficient (Wildman–Crippen LogP) is 12.2. The van der Waals surface area contributed by atoms with Gasteiger partial charge in [-0.2, -0.15) is 0 Å². The van der Waals surface area contributed by atoms with E-state index in [-0.39, 0.29) is 5.41 Å². The number of furan rings is 1. The van der Waals surface area contributed by atoms with Crippen LogP contribution in [0.25, 0.3) is 55.0 Å². The Balaban J connectivity index is 1.29. The lowest BCUT2D eigenvalue weighted by molar-refractivity contribution is 0.660. The minimum Gasteiger partial charge on any atom is -0.454 e. The van der Waals surface area contributed by atoms with Gasteiger partial charge in [-0.1, -0.05) is 129 Å². The van der Waals surface area contributed by atoms with Crippen molar-refractivity contribution in [3.8, 4) is 22.3 Å². The molecule has 0 N–H and O–H groups in total. The summed E-state index contributed by atoms with van der Waals surface area (Å²) in [4.78, 5) is 2.37. The van der Waals surface area contributed by atoms with Crippen LogP contribution in [0, 0.1) is 0 Å². The molecule has 2 nitrogen and oxygen atoms in total. The van der Waals surface area contributed by atoms with Gasteiger partial charge in [0, 0.05) is 27.6 Å². The second-order valence-electron chi connectivity index (χ2n) is 12.6. The van der Waals surface area contributed by atoms with Crippen molar-refractivity contribution in [1.82, 2.24) is 0 Å². The minimum absolute atomic E-state index is 0.107. The van der Waals surface area contributed by atoms with Crippen LogP contribution in [0.1, 0.15) is 25.0 Å². The summed E-state index contributed by atoms with van der Waals surface area (Å²) in [6.45, 7) is 4.68. The van der Waals surface area contributed by atoms with E-state index < -0.39 is 0 Å². The van der Waals surface area contributed by atoms with Crippen LogP contribution < -0.4 is 4.90 Å². The first-order valence-electron chi connectivity index (χ1n) is 15.6. The normalized spacial score (nSPS) is 13.3. The van der Waals surface area contributed by atoms with E-state index in [9.17, 15) is 0 Å². The molecule has 0 unspecified atom stereocenters. The van der Waals surface area contributed by atoms with Gasteiger partial charge in [0.15, 0.2) is 5.58 Å². The Labute approximate surface area is 262 Å². The maximum atomic E-state index is 6.62. The van der Waals surface area contributed by atoms with Gasteiger partial charge in [-0.3, -0.25) is 0 Å². The first-order valence-corrected chi connectivity index (χ1v) is 15.6. The molecule has 1 aliphatic rings. The summed E-state index contributed by atoms with van der Waals surface area (Å²) in [7, 11) is 0. The van der Waals surface area contributed by atoms with E-state index >= 15 is 0 Å². The number of nitrogens with zero attached hydrogens (tertiary/aromatic N) is 1. The summed E-state index contributed by atoms with van der Waals surface area (Å²) in [5, 5.41) is 4.74. The highest BCUT2D eigenvalue weighted by Gasteiger charge is 2.36. The van der Waals surface area contributed by atoms with Crippen LogP contribution in [0.3, 0.4) is 0 Å². The Morgan fingerprint density at radius 3 is 2.09 bits per heavy atom. The fourth-order valence-electron chi connectivity index (χ4n) is 7.46. The number of rotatable bonds is 4. The van der Waals surface area contributed by atoms with Crippen molar-refractivity contribution in [3.63, 3.8) is 0 Å². The monoisotopic (exact) mass is 577 g/mol. The molecule has 2 heteroatoms. The number of hydrogen-bond donors (Lipinski definition) is 0. The zero-order valence-corrected chi connectivity index (χ0v) is 25.3. The lowest BCUT2D eigenvalue weighted by Gasteiger charge is -2.28. The van der Waals surface area contributed by atoms with Crippen LogP contribution in [0.2, 0.25) is 0 Å². The molecule has 0 saturated heterocycles. The van der Waals surface area contributed by atoms with Gasteiger partial charge in [0.25, 0.3) is 0 Å². The summed E-state index contributed by atoms with van der Waals surface area (Å²) in [6.07, 6.45) is 0. The highest BCUT2D eigenvalue weighted by molar-refractivity contribution is 6.10. The Hall–Kier alpha value is -5.60. The van der Waals surface area contributed by atoms with Crippen LogP contribution in [0.4, 0.5) is 17.1 Å². The van der Waals surface area contributed by atoms with Gasteiger partial charge in [-0.15, -0.1) is 0 Å². The summed E-state index contributed by atoms with van der Waals surface area (Å²) >= 11 is 0. The average Bonchev–Trinajstić information content (AvgIpc) is 3.58. The molecule has 0 aliphatic heterocycles. The van der Waals surface area contributed by atoms with Gasteiger partial charge in [-0.05, 0) is 80.6 Å². The van der Waals surface area contributed by atoms with Gasteiger partial charge >= 0.3 is 0 Å². The molecule has 0 bridgehead atoms. The zero-order valence-electron chi connectivity index (χ0n) is 25.3. The first kappa shape index (κ1) is 25.9. The molecule has 1 aliphatic carbocycles. The van der Waals surface area contributed by atoms with E-state index in [1.54, 1.807) is 0 Å². The van der Waals surface area contributed by atoms with Gasteiger partial charge < -0.3 is 9.32 Å². The Morgan fingerprint density at radius 1 is 0.489 bits per heavy atom. The summed E-state index contributed by atoms with van der Waals surface area (Å²) in [5.74, 6) is 0. The summed E-state index contributed by atoms with van der Waals surface area (Å²) < 4.78 is 6.62. The van der Waals surface area contributed by atoms with E-state index in [0.717, 1.165) is 39.0 Å². The van der Waals surface area contributed by atoms with Crippen molar-refractivity contribution in [3.05, 3.63) is 163 Å². The van der Waals surface area contributed by atoms with Crippen LogP contribution >= 0.6 is 0 Å². The Morgan fingerprint density at radius 2 is 1.16 bits per heavy atom. The first-order chi connectivity index (χ1) is 22.1. The van der Waals surface area contributed by atoms with E-state index in [1.807, 2.05) is 6.07 Å². The summed E-state index contributed by atoms with van der Waals surface area (Å²) in [6, 6.07) is 54.7. The second-order valence-corrected chi connectivity index (χ2v) is 12.6. The fourth-order valence-corrected chi connectivity index (χ4v) is 7.46.